The zero-order valence-corrected chi connectivity index (χ0v) is 9.79. The van der Waals surface area contributed by atoms with Crippen LogP contribution in [-0.4, -0.2) is 36.7 Å². The maximum atomic E-state index is 5.91. The number of piperidine rings is 1. The summed E-state index contributed by atoms with van der Waals surface area (Å²) in [7, 11) is 4.73. The first-order valence-electron chi connectivity index (χ1n) is 4.69. The van der Waals surface area contributed by atoms with Crippen LogP contribution in [0.4, 0.5) is 0 Å². The molecule has 0 bridgehead atoms. The smallest absolute Gasteiger partial charge is 0.0150 e. The maximum Gasteiger partial charge on any atom is 0.0150 e. The van der Waals surface area contributed by atoms with E-state index >= 15 is 0 Å². The summed E-state index contributed by atoms with van der Waals surface area (Å²) in [6, 6.07) is 0. The van der Waals surface area contributed by atoms with Crippen molar-refractivity contribution in [2.75, 3.05) is 26.3 Å². The SMILES string of the molecule is CCP.CN1CCC(C)(N)CC1. The number of hydrogen-bond acceptors (Lipinski definition) is 2. The lowest BCUT2D eigenvalue weighted by atomic mass is 9.91. The molecule has 2 N–H and O–H groups in total. The molecule has 1 fully saturated rings. The standard InChI is InChI=1S/C7H16N2.C2H7P/c1-7(8)3-5-9(2)6-4-7;1-2-3/h3-6,8H2,1-2H3;2-3H2,1H3. The molecular weight excluding hydrogens is 167 g/mol. The summed E-state index contributed by atoms with van der Waals surface area (Å²) in [6.45, 7) is 6.55. The molecule has 0 aromatic carbocycles. The van der Waals surface area contributed by atoms with Crippen LogP contribution in [0.3, 0.4) is 0 Å². The lowest BCUT2D eigenvalue weighted by Crippen LogP contribution is -2.46. The first kappa shape index (κ1) is 12.3. The summed E-state index contributed by atoms with van der Waals surface area (Å²) < 4.78 is 0. The van der Waals surface area contributed by atoms with E-state index in [1.807, 2.05) is 0 Å². The van der Waals surface area contributed by atoms with Gasteiger partial charge >= 0.3 is 0 Å². The van der Waals surface area contributed by atoms with Crippen LogP contribution in [0.5, 0.6) is 0 Å². The van der Waals surface area contributed by atoms with Crippen molar-refractivity contribution in [1.82, 2.24) is 4.90 Å². The van der Waals surface area contributed by atoms with Crippen LogP contribution in [0.25, 0.3) is 0 Å². The molecule has 0 amide bonds. The Balaban J connectivity index is 0.000000354. The van der Waals surface area contributed by atoms with Crippen molar-refractivity contribution in [2.24, 2.45) is 5.73 Å². The van der Waals surface area contributed by atoms with Gasteiger partial charge in [-0.15, -0.1) is 9.24 Å². The van der Waals surface area contributed by atoms with Gasteiger partial charge < -0.3 is 10.6 Å². The van der Waals surface area contributed by atoms with Crippen LogP contribution in [-0.2, 0) is 0 Å². The van der Waals surface area contributed by atoms with E-state index in [-0.39, 0.29) is 5.54 Å². The zero-order valence-electron chi connectivity index (χ0n) is 8.64. The van der Waals surface area contributed by atoms with Gasteiger partial charge in [-0.1, -0.05) is 6.92 Å². The van der Waals surface area contributed by atoms with Crippen LogP contribution in [0.2, 0.25) is 0 Å². The Bertz CT molecular complexity index is 105. The second kappa shape index (κ2) is 5.90. The van der Waals surface area contributed by atoms with Gasteiger partial charge in [0.05, 0.1) is 0 Å². The lowest BCUT2D eigenvalue weighted by molar-refractivity contribution is 0.203. The van der Waals surface area contributed by atoms with Gasteiger partial charge in [0.15, 0.2) is 0 Å². The predicted octanol–water partition coefficient (Wildman–Crippen LogP) is 1.31. The van der Waals surface area contributed by atoms with Crippen LogP contribution >= 0.6 is 9.24 Å². The molecule has 74 valence electrons. The van der Waals surface area contributed by atoms with Gasteiger partial charge in [-0.3, -0.25) is 0 Å². The molecule has 0 spiro atoms. The topological polar surface area (TPSA) is 29.3 Å². The Morgan fingerprint density at radius 2 is 1.75 bits per heavy atom. The van der Waals surface area contributed by atoms with E-state index in [9.17, 15) is 0 Å². The number of hydrogen-bond donors (Lipinski definition) is 1. The van der Waals surface area contributed by atoms with Crippen molar-refractivity contribution < 1.29 is 0 Å². The summed E-state index contributed by atoms with van der Waals surface area (Å²) in [5, 5.41) is 0. The monoisotopic (exact) mass is 190 g/mol. The quantitative estimate of drug-likeness (QED) is 0.584. The average Bonchev–Trinajstić information content (AvgIpc) is 1.98. The van der Waals surface area contributed by atoms with Crippen LogP contribution in [0.1, 0.15) is 26.7 Å². The van der Waals surface area contributed by atoms with Crippen molar-refractivity contribution >= 4 is 9.24 Å². The Kier molecular flexibility index (Phi) is 6.08. The highest BCUT2D eigenvalue weighted by atomic mass is 31.0. The van der Waals surface area contributed by atoms with Crippen molar-refractivity contribution in [3.8, 4) is 0 Å². The molecular formula is C9H23N2P. The van der Waals surface area contributed by atoms with Gasteiger partial charge in [0.25, 0.3) is 0 Å². The third-order valence-electron chi connectivity index (χ3n) is 2.13. The Morgan fingerprint density at radius 3 is 2.00 bits per heavy atom. The minimum atomic E-state index is 0.118. The molecule has 1 aliphatic heterocycles. The molecule has 3 heteroatoms. The molecule has 0 radical (unpaired) electrons. The molecule has 1 aliphatic rings. The van der Waals surface area contributed by atoms with Crippen molar-refractivity contribution in [3.63, 3.8) is 0 Å². The largest absolute Gasteiger partial charge is 0.325 e. The number of likely N-dealkylation sites (tertiary alicyclic amines) is 1. The zero-order chi connectivity index (χ0) is 9.61. The summed E-state index contributed by atoms with van der Waals surface area (Å²) in [5.74, 6) is 0. The van der Waals surface area contributed by atoms with Gasteiger partial charge in [-0.2, -0.15) is 0 Å². The average molecular weight is 190 g/mol. The fraction of sp³-hybridized carbons (Fsp3) is 1.00. The molecule has 0 saturated carbocycles. The van der Waals surface area contributed by atoms with E-state index in [0.717, 1.165) is 25.9 Å². The van der Waals surface area contributed by atoms with Gasteiger partial charge in [0, 0.05) is 5.54 Å². The van der Waals surface area contributed by atoms with Gasteiger partial charge in [0.2, 0.25) is 0 Å². The third kappa shape index (κ3) is 5.93. The molecule has 2 nitrogen and oxygen atoms in total. The van der Waals surface area contributed by atoms with Crippen LogP contribution in [0, 0.1) is 0 Å². The van der Waals surface area contributed by atoms with Crippen LogP contribution in [0.15, 0.2) is 0 Å². The third-order valence-corrected chi connectivity index (χ3v) is 2.13. The van der Waals surface area contributed by atoms with E-state index < -0.39 is 0 Å². The fourth-order valence-electron chi connectivity index (χ4n) is 1.13. The number of nitrogens with two attached hydrogens (primary N) is 1. The predicted molar refractivity (Wildman–Crippen MR) is 59.6 cm³/mol. The fourth-order valence-corrected chi connectivity index (χ4v) is 1.13. The minimum absolute atomic E-state index is 0.118. The lowest BCUT2D eigenvalue weighted by Gasteiger charge is -2.34. The van der Waals surface area contributed by atoms with E-state index in [1.165, 1.54) is 6.16 Å². The Morgan fingerprint density at radius 1 is 1.42 bits per heavy atom. The molecule has 1 saturated heterocycles. The first-order valence-corrected chi connectivity index (χ1v) is 5.51. The molecule has 1 heterocycles. The van der Waals surface area contributed by atoms with E-state index in [4.69, 9.17) is 5.73 Å². The van der Waals surface area contributed by atoms with E-state index in [2.05, 4.69) is 35.0 Å². The van der Waals surface area contributed by atoms with Gasteiger partial charge in [-0.25, -0.2) is 0 Å². The first-order chi connectivity index (χ1) is 5.52. The number of nitrogens with zero attached hydrogens (tertiary/aromatic N) is 1. The molecule has 1 atom stereocenters. The number of rotatable bonds is 0. The molecule has 12 heavy (non-hydrogen) atoms. The Hall–Kier alpha value is 0.350. The molecule has 1 rings (SSSR count). The summed E-state index contributed by atoms with van der Waals surface area (Å²) in [6.07, 6.45) is 3.45. The van der Waals surface area contributed by atoms with Crippen molar-refractivity contribution in [2.45, 2.75) is 32.2 Å². The summed E-state index contributed by atoms with van der Waals surface area (Å²) in [5.41, 5.74) is 6.03. The van der Waals surface area contributed by atoms with Crippen molar-refractivity contribution in [3.05, 3.63) is 0 Å². The van der Waals surface area contributed by atoms with Gasteiger partial charge in [-0.05, 0) is 46.1 Å². The summed E-state index contributed by atoms with van der Waals surface area (Å²) >= 11 is 0. The molecule has 0 aromatic heterocycles. The second-order valence-corrected chi connectivity index (χ2v) is 4.68. The molecule has 0 aromatic rings. The molecule has 0 aliphatic carbocycles. The highest BCUT2D eigenvalue weighted by molar-refractivity contribution is 7.16. The van der Waals surface area contributed by atoms with E-state index in [1.54, 1.807) is 0 Å². The highest BCUT2D eigenvalue weighted by Crippen LogP contribution is 2.16. The Labute approximate surface area is 79.1 Å². The maximum absolute atomic E-state index is 5.91. The van der Waals surface area contributed by atoms with Crippen molar-refractivity contribution in [1.29, 1.82) is 0 Å². The van der Waals surface area contributed by atoms with Gasteiger partial charge in [0.1, 0.15) is 0 Å². The molecule has 1 unspecified atom stereocenters. The van der Waals surface area contributed by atoms with E-state index in [0.29, 0.717) is 0 Å². The van der Waals surface area contributed by atoms with Crippen LogP contribution < -0.4 is 5.73 Å². The minimum Gasteiger partial charge on any atom is -0.325 e. The normalized spacial score (nSPS) is 22.8. The summed E-state index contributed by atoms with van der Waals surface area (Å²) in [4.78, 5) is 2.33. The highest BCUT2D eigenvalue weighted by Gasteiger charge is 2.23. The second-order valence-electron chi connectivity index (χ2n) is 3.87.